The number of benzene rings is 1. The first-order chi connectivity index (χ1) is 9.10. The Hall–Kier alpha value is -1.00. The van der Waals surface area contributed by atoms with Crippen molar-refractivity contribution in [1.29, 1.82) is 0 Å². The van der Waals surface area contributed by atoms with E-state index in [0.29, 0.717) is 12.8 Å². The maximum atomic E-state index is 13.8. The third-order valence-corrected chi connectivity index (χ3v) is 4.13. The van der Waals surface area contributed by atoms with Gasteiger partial charge in [-0.15, -0.1) is 0 Å². The molecular weight excluding hydrogens is 250 g/mol. The molecule has 0 heterocycles. The number of ether oxygens (including phenoxy) is 1. The van der Waals surface area contributed by atoms with E-state index < -0.39 is 23.3 Å². The lowest BCUT2D eigenvalue weighted by Gasteiger charge is -2.36. The van der Waals surface area contributed by atoms with Gasteiger partial charge in [0, 0.05) is 7.11 Å². The van der Waals surface area contributed by atoms with Gasteiger partial charge in [0.25, 0.3) is 0 Å². The summed E-state index contributed by atoms with van der Waals surface area (Å²) in [6.07, 6.45) is 3.92. The third kappa shape index (κ3) is 2.79. The Bertz CT molecular complexity index is 406. The Morgan fingerprint density at radius 3 is 2.11 bits per heavy atom. The second-order valence-corrected chi connectivity index (χ2v) is 5.22. The number of hydrogen-bond donors (Lipinski definition) is 1. The molecule has 1 atom stereocenters. The molecule has 0 saturated heterocycles. The van der Waals surface area contributed by atoms with Crippen LogP contribution in [0.1, 0.15) is 50.2 Å². The van der Waals surface area contributed by atoms with E-state index >= 15 is 0 Å². The number of halogens is 2. The van der Waals surface area contributed by atoms with Gasteiger partial charge in [-0.25, -0.2) is 8.78 Å². The number of methoxy groups -OCH3 is 1. The molecule has 0 amide bonds. The lowest BCUT2D eigenvalue weighted by molar-refractivity contribution is -0.116. The van der Waals surface area contributed by atoms with Crippen LogP contribution < -0.4 is 0 Å². The molecule has 0 aliphatic heterocycles. The Morgan fingerprint density at radius 1 is 1.11 bits per heavy atom. The van der Waals surface area contributed by atoms with Gasteiger partial charge in [-0.3, -0.25) is 0 Å². The summed E-state index contributed by atoms with van der Waals surface area (Å²) in [7, 11) is 1.51. The summed E-state index contributed by atoms with van der Waals surface area (Å²) in [6, 6.07) is 3.64. The zero-order chi connectivity index (χ0) is 13.9. The highest BCUT2D eigenvalue weighted by Crippen LogP contribution is 2.41. The van der Waals surface area contributed by atoms with Gasteiger partial charge in [0.05, 0.1) is 11.2 Å². The van der Waals surface area contributed by atoms with Crippen LogP contribution in [0.4, 0.5) is 8.78 Å². The fourth-order valence-electron chi connectivity index (χ4n) is 2.95. The second-order valence-electron chi connectivity index (χ2n) is 5.22. The van der Waals surface area contributed by atoms with Gasteiger partial charge in [-0.2, -0.15) is 0 Å². The van der Waals surface area contributed by atoms with Crippen molar-refractivity contribution in [3.63, 3.8) is 0 Å². The smallest absolute Gasteiger partial charge is 0.132 e. The molecule has 19 heavy (non-hydrogen) atoms. The van der Waals surface area contributed by atoms with Crippen LogP contribution >= 0.6 is 0 Å². The molecular formula is C15H20F2O2. The number of rotatable bonds is 3. The van der Waals surface area contributed by atoms with Gasteiger partial charge < -0.3 is 9.84 Å². The predicted molar refractivity (Wildman–Crippen MR) is 68.8 cm³/mol. The minimum Gasteiger partial charge on any atom is -0.385 e. The van der Waals surface area contributed by atoms with Crippen molar-refractivity contribution in [3.05, 3.63) is 35.4 Å². The van der Waals surface area contributed by atoms with E-state index in [1.54, 1.807) is 0 Å². The molecule has 2 nitrogen and oxygen atoms in total. The first kappa shape index (κ1) is 14.4. The van der Waals surface area contributed by atoms with E-state index in [2.05, 4.69) is 0 Å². The number of aliphatic hydroxyl groups is 1. The number of hydrogen-bond acceptors (Lipinski definition) is 2. The van der Waals surface area contributed by atoms with Gasteiger partial charge in [-0.1, -0.05) is 31.7 Å². The molecule has 1 aliphatic carbocycles. The summed E-state index contributed by atoms with van der Waals surface area (Å²) < 4.78 is 33.1. The summed E-state index contributed by atoms with van der Waals surface area (Å²) in [5.74, 6) is -1.43. The van der Waals surface area contributed by atoms with Crippen LogP contribution in [-0.2, 0) is 4.74 Å². The maximum Gasteiger partial charge on any atom is 0.132 e. The quantitative estimate of drug-likeness (QED) is 0.848. The van der Waals surface area contributed by atoms with Gasteiger partial charge in [0.1, 0.15) is 17.7 Å². The van der Waals surface area contributed by atoms with Gasteiger partial charge >= 0.3 is 0 Å². The van der Waals surface area contributed by atoms with E-state index in [1.165, 1.54) is 25.3 Å². The van der Waals surface area contributed by atoms with Gasteiger partial charge in [-0.05, 0) is 25.0 Å². The Labute approximate surface area is 112 Å². The Kier molecular flexibility index (Phi) is 4.53. The van der Waals surface area contributed by atoms with Crippen molar-refractivity contribution in [2.45, 2.75) is 50.2 Å². The molecule has 0 radical (unpaired) electrons. The second kappa shape index (κ2) is 5.97. The fraction of sp³-hybridized carbons (Fsp3) is 0.600. The zero-order valence-corrected chi connectivity index (χ0v) is 11.2. The van der Waals surface area contributed by atoms with Crippen LogP contribution in [0.5, 0.6) is 0 Å². The normalized spacial score (nSPS) is 20.8. The summed E-state index contributed by atoms with van der Waals surface area (Å²) >= 11 is 0. The van der Waals surface area contributed by atoms with Crippen LogP contribution in [-0.4, -0.2) is 17.8 Å². The monoisotopic (exact) mass is 270 g/mol. The van der Waals surface area contributed by atoms with Gasteiger partial charge in [0.2, 0.25) is 0 Å². The van der Waals surface area contributed by atoms with Crippen LogP contribution in [0.2, 0.25) is 0 Å². The first-order valence-electron chi connectivity index (χ1n) is 6.78. The molecule has 1 N–H and O–H groups in total. The highest BCUT2D eigenvalue weighted by Gasteiger charge is 2.41. The van der Waals surface area contributed by atoms with Crippen molar-refractivity contribution < 1.29 is 18.6 Å². The van der Waals surface area contributed by atoms with Crippen LogP contribution in [0, 0.1) is 11.6 Å². The van der Waals surface area contributed by atoms with Crippen LogP contribution in [0.25, 0.3) is 0 Å². The first-order valence-corrected chi connectivity index (χ1v) is 6.78. The standard InChI is InChI=1S/C15H20F2O2/c1-19-15(9-4-2-3-5-10-15)14(18)13-11(16)7-6-8-12(13)17/h6-8,14,18H,2-5,9-10H2,1H3. The van der Waals surface area contributed by atoms with E-state index in [9.17, 15) is 13.9 Å². The third-order valence-electron chi connectivity index (χ3n) is 4.13. The van der Waals surface area contributed by atoms with Crippen molar-refractivity contribution in [3.8, 4) is 0 Å². The highest BCUT2D eigenvalue weighted by molar-refractivity contribution is 5.24. The van der Waals surface area contributed by atoms with E-state index in [-0.39, 0.29) is 5.56 Å². The zero-order valence-electron chi connectivity index (χ0n) is 11.2. The number of aliphatic hydroxyl groups excluding tert-OH is 1. The molecule has 4 heteroatoms. The minimum absolute atomic E-state index is 0.272. The Balaban J connectivity index is 2.36. The predicted octanol–water partition coefficient (Wildman–Crippen LogP) is 3.74. The summed E-state index contributed by atoms with van der Waals surface area (Å²) in [5.41, 5.74) is -1.15. The van der Waals surface area contributed by atoms with Crippen LogP contribution in [0.15, 0.2) is 18.2 Å². The average Bonchev–Trinajstić information content (AvgIpc) is 2.64. The van der Waals surface area contributed by atoms with Crippen molar-refractivity contribution >= 4 is 0 Å². The lowest BCUT2D eigenvalue weighted by atomic mass is 9.84. The summed E-state index contributed by atoms with van der Waals surface area (Å²) in [6.45, 7) is 0. The molecule has 1 unspecified atom stereocenters. The van der Waals surface area contributed by atoms with Gasteiger partial charge in [0.15, 0.2) is 0 Å². The molecule has 2 rings (SSSR count). The maximum absolute atomic E-state index is 13.8. The topological polar surface area (TPSA) is 29.5 Å². The molecule has 1 aliphatic rings. The molecule has 1 aromatic rings. The molecule has 0 aromatic heterocycles. The van der Waals surface area contributed by atoms with E-state index in [0.717, 1.165) is 25.7 Å². The summed E-state index contributed by atoms with van der Waals surface area (Å²) in [4.78, 5) is 0. The highest BCUT2D eigenvalue weighted by atomic mass is 19.1. The van der Waals surface area contributed by atoms with Crippen molar-refractivity contribution in [2.75, 3.05) is 7.11 Å². The summed E-state index contributed by atoms with van der Waals surface area (Å²) in [5, 5.41) is 10.5. The molecule has 1 saturated carbocycles. The Morgan fingerprint density at radius 2 is 1.63 bits per heavy atom. The molecule has 0 spiro atoms. The van der Waals surface area contributed by atoms with E-state index in [1.807, 2.05) is 0 Å². The lowest BCUT2D eigenvalue weighted by Crippen LogP contribution is -2.39. The van der Waals surface area contributed by atoms with E-state index in [4.69, 9.17) is 4.74 Å². The molecule has 106 valence electrons. The minimum atomic E-state index is -1.27. The molecule has 1 aromatic carbocycles. The SMILES string of the molecule is COC1(C(O)c2c(F)cccc2F)CCCCCC1. The van der Waals surface area contributed by atoms with Crippen molar-refractivity contribution in [2.24, 2.45) is 0 Å². The largest absolute Gasteiger partial charge is 0.385 e. The molecule has 0 bridgehead atoms. The average molecular weight is 270 g/mol. The van der Waals surface area contributed by atoms with Crippen molar-refractivity contribution in [1.82, 2.24) is 0 Å². The van der Waals surface area contributed by atoms with Crippen LogP contribution in [0.3, 0.4) is 0 Å². The fourth-order valence-corrected chi connectivity index (χ4v) is 2.95. The molecule has 1 fully saturated rings.